The molecule has 2 unspecified atom stereocenters. The number of amides is 1. The van der Waals surface area contributed by atoms with E-state index in [1.54, 1.807) is 0 Å². The van der Waals surface area contributed by atoms with Gasteiger partial charge in [-0.05, 0) is 56.3 Å². The third kappa shape index (κ3) is 3.31. The van der Waals surface area contributed by atoms with E-state index in [2.05, 4.69) is 20.8 Å². The first-order valence-corrected chi connectivity index (χ1v) is 7.81. The monoisotopic (exact) mass is 266 g/mol. The van der Waals surface area contributed by atoms with Crippen LogP contribution in [0.2, 0.25) is 0 Å². The molecule has 0 aromatic heterocycles. The molecule has 1 aliphatic heterocycles. The number of hydrogen-bond acceptors (Lipinski definition) is 2. The Balaban J connectivity index is 1.97. The summed E-state index contributed by atoms with van der Waals surface area (Å²) in [5, 5.41) is 0. The second-order valence-corrected chi connectivity index (χ2v) is 7.84. The molecule has 1 saturated carbocycles. The minimum Gasteiger partial charge on any atom is -0.341 e. The molecule has 2 atom stereocenters. The van der Waals surface area contributed by atoms with Gasteiger partial charge in [-0.1, -0.05) is 20.8 Å². The number of nitrogens with two attached hydrogens (primary N) is 1. The van der Waals surface area contributed by atoms with Crippen molar-refractivity contribution >= 4 is 5.91 Å². The third-order valence-corrected chi connectivity index (χ3v) is 5.13. The van der Waals surface area contributed by atoms with Gasteiger partial charge in [0.2, 0.25) is 5.91 Å². The largest absolute Gasteiger partial charge is 0.341 e. The second kappa shape index (κ2) is 5.08. The number of nitrogens with zero attached hydrogens (tertiary/aromatic N) is 1. The lowest BCUT2D eigenvalue weighted by atomic mass is 9.77. The minimum atomic E-state index is -0.623. The van der Waals surface area contributed by atoms with E-state index in [1.807, 2.05) is 11.8 Å². The number of carbonyl (C=O) groups excluding carboxylic acids is 1. The second-order valence-electron chi connectivity index (χ2n) is 7.84. The van der Waals surface area contributed by atoms with Crippen LogP contribution in [0, 0.1) is 17.3 Å². The smallest absolute Gasteiger partial charge is 0.242 e. The van der Waals surface area contributed by atoms with Gasteiger partial charge in [-0.15, -0.1) is 0 Å². The molecular formula is C16H30N2O. The van der Waals surface area contributed by atoms with E-state index in [1.165, 1.54) is 6.42 Å². The highest BCUT2D eigenvalue weighted by atomic mass is 16.2. The Morgan fingerprint density at radius 3 is 2.16 bits per heavy atom. The highest BCUT2D eigenvalue weighted by Crippen LogP contribution is 2.40. The molecule has 1 saturated heterocycles. The Morgan fingerprint density at radius 1 is 1.00 bits per heavy atom. The molecule has 0 aromatic carbocycles. The molecule has 2 fully saturated rings. The fraction of sp³-hybridized carbons (Fsp3) is 0.938. The van der Waals surface area contributed by atoms with Crippen LogP contribution in [0.1, 0.15) is 59.8 Å². The van der Waals surface area contributed by atoms with Crippen molar-refractivity contribution in [3.63, 3.8) is 0 Å². The SMILES string of the molecule is CC(C)(C)C1CCCN(C(=O)C(C)(N)C2CC2)CC1. The molecule has 2 N–H and O–H groups in total. The van der Waals surface area contributed by atoms with E-state index in [0.717, 1.165) is 44.7 Å². The molecule has 1 amide bonds. The lowest BCUT2D eigenvalue weighted by Crippen LogP contribution is -2.55. The standard InChI is InChI=1S/C16H30N2O/c1-15(2,3)12-6-5-10-18(11-9-12)14(19)16(4,17)13-7-8-13/h12-13H,5-11,17H2,1-4H3. The molecule has 110 valence electrons. The lowest BCUT2D eigenvalue weighted by molar-refractivity contribution is -0.137. The molecule has 1 heterocycles. The van der Waals surface area contributed by atoms with E-state index >= 15 is 0 Å². The fourth-order valence-electron chi connectivity index (χ4n) is 3.36. The van der Waals surface area contributed by atoms with E-state index in [-0.39, 0.29) is 5.91 Å². The summed E-state index contributed by atoms with van der Waals surface area (Å²) in [4.78, 5) is 14.6. The average Bonchev–Trinajstić information content (AvgIpc) is 3.13. The van der Waals surface area contributed by atoms with Crippen molar-refractivity contribution in [2.45, 2.75) is 65.3 Å². The summed E-state index contributed by atoms with van der Waals surface area (Å²) in [6.07, 6.45) is 5.72. The van der Waals surface area contributed by atoms with Crippen LogP contribution in [0.3, 0.4) is 0 Å². The van der Waals surface area contributed by atoms with Gasteiger partial charge in [0.05, 0.1) is 5.54 Å². The van der Waals surface area contributed by atoms with Crippen molar-refractivity contribution < 1.29 is 4.79 Å². The maximum atomic E-state index is 12.6. The van der Waals surface area contributed by atoms with Gasteiger partial charge < -0.3 is 10.6 Å². The predicted octanol–water partition coefficient (Wildman–Crippen LogP) is 2.79. The van der Waals surface area contributed by atoms with Gasteiger partial charge >= 0.3 is 0 Å². The van der Waals surface area contributed by atoms with Crippen molar-refractivity contribution in [1.29, 1.82) is 0 Å². The number of rotatable bonds is 2. The summed E-state index contributed by atoms with van der Waals surface area (Å²) in [6.45, 7) is 10.6. The quantitative estimate of drug-likeness (QED) is 0.835. The van der Waals surface area contributed by atoms with Crippen molar-refractivity contribution in [3.05, 3.63) is 0 Å². The number of hydrogen-bond donors (Lipinski definition) is 1. The number of likely N-dealkylation sites (tertiary alicyclic amines) is 1. The van der Waals surface area contributed by atoms with Gasteiger partial charge in [-0.3, -0.25) is 4.79 Å². The summed E-state index contributed by atoms with van der Waals surface area (Å²) < 4.78 is 0. The zero-order chi connectivity index (χ0) is 14.3. The van der Waals surface area contributed by atoms with Crippen LogP contribution in [0.15, 0.2) is 0 Å². The third-order valence-electron chi connectivity index (χ3n) is 5.13. The van der Waals surface area contributed by atoms with Crippen LogP contribution < -0.4 is 5.73 Å². The van der Waals surface area contributed by atoms with E-state index in [4.69, 9.17) is 5.73 Å². The number of carbonyl (C=O) groups is 1. The van der Waals surface area contributed by atoms with Gasteiger partial charge in [-0.2, -0.15) is 0 Å². The summed E-state index contributed by atoms with van der Waals surface area (Å²) in [7, 11) is 0. The van der Waals surface area contributed by atoms with Crippen molar-refractivity contribution in [2.75, 3.05) is 13.1 Å². The van der Waals surface area contributed by atoms with E-state index in [0.29, 0.717) is 11.3 Å². The van der Waals surface area contributed by atoms with Crippen molar-refractivity contribution in [2.24, 2.45) is 23.0 Å². The Morgan fingerprint density at radius 2 is 1.63 bits per heavy atom. The molecular weight excluding hydrogens is 236 g/mol. The zero-order valence-electron chi connectivity index (χ0n) is 13.0. The first-order chi connectivity index (χ1) is 8.73. The predicted molar refractivity (Wildman–Crippen MR) is 78.7 cm³/mol. The molecule has 0 aromatic rings. The summed E-state index contributed by atoms with van der Waals surface area (Å²) in [5.74, 6) is 1.32. The molecule has 2 rings (SSSR count). The Bertz CT molecular complexity index is 339. The van der Waals surface area contributed by atoms with Crippen LogP contribution in [0.4, 0.5) is 0 Å². The highest BCUT2D eigenvalue weighted by molar-refractivity contribution is 5.86. The first-order valence-electron chi connectivity index (χ1n) is 7.81. The Labute approximate surface area is 117 Å². The van der Waals surface area contributed by atoms with Gasteiger partial charge in [0.15, 0.2) is 0 Å². The van der Waals surface area contributed by atoms with Gasteiger partial charge in [0, 0.05) is 13.1 Å². The van der Waals surface area contributed by atoms with E-state index in [9.17, 15) is 4.79 Å². The van der Waals surface area contributed by atoms with Gasteiger partial charge in [-0.25, -0.2) is 0 Å². The molecule has 0 spiro atoms. The summed E-state index contributed by atoms with van der Waals surface area (Å²) in [6, 6.07) is 0. The van der Waals surface area contributed by atoms with Gasteiger partial charge in [0.1, 0.15) is 0 Å². The Kier molecular flexibility index (Phi) is 3.97. The molecule has 19 heavy (non-hydrogen) atoms. The van der Waals surface area contributed by atoms with Crippen LogP contribution in [-0.4, -0.2) is 29.4 Å². The summed E-state index contributed by atoms with van der Waals surface area (Å²) in [5.41, 5.74) is 6.00. The normalized spacial score (nSPS) is 28.7. The lowest BCUT2D eigenvalue weighted by Gasteiger charge is -2.32. The van der Waals surface area contributed by atoms with E-state index < -0.39 is 5.54 Å². The molecule has 3 heteroatoms. The summed E-state index contributed by atoms with van der Waals surface area (Å²) >= 11 is 0. The van der Waals surface area contributed by atoms with Crippen molar-refractivity contribution in [3.8, 4) is 0 Å². The van der Waals surface area contributed by atoms with Crippen molar-refractivity contribution in [1.82, 2.24) is 4.90 Å². The van der Waals surface area contributed by atoms with Crippen LogP contribution in [0.25, 0.3) is 0 Å². The highest BCUT2D eigenvalue weighted by Gasteiger charge is 2.46. The molecule has 0 radical (unpaired) electrons. The van der Waals surface area contributed by atoms with Crippen LogP contribution in [-0.2, 0) is 4.79 Å². The van der Waals surface area contributed by atoms with Crippen LogP contribution in [0.5, 0.6) is 0 Å². The maximum Gasteiger partial charge on any atom is 0.242 e. The zero-order valence-corrected chi connectivity index (χ0v) is 13.0. The molecule has 1 aliphatic carbocycles. The topological polar surface area (TPSA) is 46.3 Å². The van der Waals surface area contributed by atoms with Gasteiger partial charge in [0.25, 0.3) is 0 Å². The first kappa shape index (κ1) is 14.8. The molecule has 2 aliphatic rings. The molecule has 0 bridgehead atoms. The fourth-order valence-corrected chi connectivity index (χ4v) is 3.36. The Hall–Kier alpha value is -0.570. The average molecular weight is 266 g/mol. The van der Waals surface area contributed by atoms with Crippen LogP contribution >= 0.6 is 0 Å². The molecule has 3 nitrogen and oxygen atoms in total. The maximum absolute atomic E-state index is 12.6. The minimum absolute atomic E-state index is 0.185.